The van der Waals surface area contributed by atoms with Crippen LogP contribution in [0.1, 0.15) is 44.9 Å². The molecular formula is C27H31NO6S. The van der Waals surface area contributed by atoms with Crippen LogP contribution in [0.15, 0.2) is 57.9 Å². The number of ether oxygens (including phenoxy) is 1. The molecule has 0 unspecified atom stereocenters. The van der Waals surface area contributed by atoms with Crippen molar-refractivity contribution in [2.24, 2.45) is 17.8 Å². The normalized spacial score (nSPS) is 24.1. The molecule has 1 heterocycles. The molecule has 1 aromatic heterocycles. The molecule has 2 fully saturated rings. The third kappa shape index (κ3) is 4.82. The van der Waals surface area contributed by atoms with Gasteiger partial charge in [0.15, 0.2) is 0 Å². The zero-order chi connectivity index (χ0) is 24.6. The Labute approximate surface area is 205 Å². The Kier molecular flexibility index (Phi) is 6.59. The van der Waals surface area contributed by atoms with Gasteiger partial charge in [-0.05, 0) is 92.7 Å². The van der Waals surface area contributed by atoms with Crippen LogP contribution in [0.2, 0.25) is 0 Å². The number of carboxylic acid groups (broad SMARTS) is 1. The predicted octanol–water partition coefficient (Wildman–Crippen LogP) is 5.49. The lowest BCUT2D eigenvalue weighted by molar-refractivity contribution is -0.137. The van der Waals surface area contributed by atoms with Crippen LogP contribution in [-0.4, -0.2) is 32.6 Å². The van der Waals surface area contributed by atoms with E-state index >= 15 is 0 Å². The maximum atomic E-state index is 13.5. The summed E-state index contributed by atoms with van der Waals surface area (Å²) in [6.45, 7) is 0. The molecular weight excluding hydrogens is 466 g/mol. The van der Waals surface area contributed by atoms with Crippen molar-refractivity contribution < 1.29 is 27.5 Å². The van der Waals surface area contributed by atoms with Crippen LogP contribution < -0.4 is 9.46 Å². The van der Waals surface area contributed by atoms with Crippen molar-refractivity contribution in [1.82, 2.24) is 4.72 Å². The van der Waals surface area contributed by atoms with Crippen molar-refractivity contribution in [2.45, 2.75) is 55.9 Å². The van der Waals surface area contributed by atoms with Crippen LogP contribution in [0, 0.1) is 17.8 Å². The molecule has 2 bridgehead atoms. The lowest BCUT2D eigenvalue weighted by Gasteiger charge is -2.31. The van der Waals surface area contributed by atoms with Gasteiger partial charge >= 0.3 is 5.97 Å². The molecule has 2 aliphatic carbocycles. The highest BCUT2D eigenvalue weighted by molar-refractivity contribution is 7.89. The molecule has 0 radical (unpaired) electrons. The van der Waals surface area contributed by atoms with E-state index in [0.29, 0.717) is 35.2 Å². The van der Waals surface area contributed by atoms with Crippen molar-refractivity contribution in [3.63, 3.8) is 0 Å². The number of allylic oxidation sites excluding steroid dienone is 2. The second kappa shape index (κ2) is 9.66. The largest absolute Gasteiger partial charge is 0.497 e. The summed E-state index contributed by atoms with van der Waals surface area (Å²) in [7, 11) is -2.12. The number of benzene rings is 2. The molecule has 5 rings (SSSR count). The van der Waals surface area contributed by atoms with Gasteiger partial charge in [0, 0.05) is 23.2 Å². The molecule has 0 aliphatic heterocycles. The van der Waals surface area contributed by atoms with E-state index in [0.717, 1.165) is 42.9 Å². The number of fused-ring (bicyclic) bond motifs is 5. The highest BCUT2D eigenvalue weighted by atomic mass is 32.2. The molecule has 4 atom stereocenters. The Morgan fingerprint density at radius 2 is 1.86 bits per heavy atom. The number of rotatable bonds is 10. The van der Waals surface area contributed by atoms with E-state index in [4.69, 9.17) is 14.3 Å². The van der Waals surface area contributed by atoms with Gasteiger partial charge in [0.05, 0.1) is 12.0 Å². The van der Waals surface area contributed by atoms with Crippen molar-refractivity contribution >= 4 is 37.9 Å². The third-order valence-electron chi connectivity index (χ3n) is 7.67. The maximum Gasteiger partial charge on any atom is 0.303 e. The second-order valence-corrected chi connectivity index (χ2v) is 11.5. The van der Waals surface area contributed by atoms with Gasteiger partial charge in [0.2, 0.25) is 10.0 Å². The minimum atomic E-state index is -3.71. The summed E-state index contributed by atoms with van der Waals surface area (Å²) in [5.74, 6) is 1.07. The standard InChI is InChI=1S/C27H31NO6S/c1-33-19-10-12-24-22(15-19)23-16-20(11-13-25(23)34-24)35(31,32)28-27-18-9-8-17(14-18)21(27)6-4-2-3-5-7-26(29)30/h2,4,10-13,15-18,21,27-28H,3,5-9,14H2,1H3,(H,29,30)/b4-2-/t17-,18+,21+,27+/m0/s1. The maximum absolute atomic E-state index is 13.5. The van der Waals surface area contributed by atoms with Crippen molar-refractivity contribution in [3.8, 4) is 5.75 Å². The van der Waals surface area contributed by atoms with Crippen LogP contribution >= 0.6 is 0 Å². The summed E-state index contributed by atoms with van der Waals surface area (Å²) in [4.78, 5) is 10.9. The summed E-state index contributed by atoms with van der Waals surface area (Å²) in [6, 6.07) is 10.4. The summed E-state index contributed by atoms with van der Waals surface area (Å²) < 4.78 is 41.2. The topological polar surface area (TPSA) is 106 Å². The fourth-order valence-electron chi connectivity index (χ4n) is 5.95. The summed E-state index contributed by atoms with van der Waals surface area (Å²) in [5.41, 5.74) is 1.32. The van der Waals surface area contributed by atoms with E-state index in [1.54, 1.807) is 25.3 Å². The summed E-state index contributed by atoms with van der Waals surface area (Å²) >= 11 is 0. The van der Waals surface area contributed by atoms with Crippen molar-refractivity contribution in [2.75, 3.05) is 7.11 Å². The Morgan fingerprint density at radius 1 is 1.11 bits per heavy atom. The van der Waals surface area contributed by atoms with Gasteiger partial charge < -0.3 is 14.3 Å². The molecule has 0 spiro atoms. The predicted molar refractivity (Wildman–Crippen MR) is 134 cm³/mol. The average Bonchev–Trinajstić information content (AvgIpc) is 3.53. The van der Waals surface area contributed by atoms with Crippen LogP contribution in [0.3, 0.4) is 0 Å². The number of hydrogen-bond acceptors (Lipinski definition) is 5. The number of carbonyl (C=O) groups is 1. The lowest BCUT2D eigenvalue weighted by atomic mass is 9.83. The smallest absolute Gasteiger partial charge is 0.303 e. The summed E-state index contributed by atoms with van der Waals surface area (Å²) in [6.07, 6.45) is 9.74. The molecule has 186 valence electrons. The van der Waals surface area contributed by atoms with E-state index in [1.807, 2.05) is 24.3 Å². The zero-order valence-electron chi connectivity index (χ0n) is 19.8. The Balaban J connectivity index is 1.35. The minimum absolute atomic E-state index is 0.0840. The van der Waals surface area contributed by atoms with E-state index in [1.165, 1.54) is 0 Å². The fourth-order valence-corrected chi connectivity index (χ4v) is 7.33. The Hall–Kier alpha value is -2.84. The molecule has 2 aromatic carbocycles. The molecule has 2 N–H and O–H groups in total. The highest BCUT2D eigenvalue weighted by Crippen LogP contribution is 2.50. The number of aliphatic carboxylic acids is 1. The first-order valence-electron chi connectivity index (χ1n) is 12.2. The first-order chi connectivity index (χ1) is 16.9. The number of sulfonamides is 1. The molecule has 0 amide bonds. The molecule has 3 aromatic rings. The monoisotopic (exact) mass is 497 g/mol. The SMILES string of the molecule is COc1ccc2oc3ccc(S(=O)(=O)N[C@@H]4[C@@H]5CC[C@@H](C5)[C@H]4C/C=C\CCCC(=O)O)cc3c2c1. The van der Waals surface area contributed by atoms with E-state index in [2.05, 4.69) is 10.8 Å². The van der Waals surface area contributed by atoms with Gasteiger partial charge in [0.25, 0.3) is 0 Å². The van der Waals surface area contributed by atoms with Crippen molar-refractivity contribution in [1.29, 1.82) is 0 Å². The molecule has 0 saturated heterocycles. The third-order valence-corrected chi connectivity index (χ3v) is 9.13. The number of methoxy groups -OCH3 is 1. The van der Waals surface area contributed by atoms with Gasteiger partial charge in [-0.1, -0.05) is 12.2 Å². The second-order valence-electron chi connectivity index (χ2n) is 9.76. The number of nitrogens with one attached hydrogen (secondary N) is 1. The van der Waals surface area contributed by atoms with Crippen molar-refractivity contribution in [3.05, 3.63) is 48.6 Å². The Morgan fingerprint density at radius 3 is 2.63 bits per heavy atom. The van der Waals surface area contributed by atoms with E-state index in [9.17, 15) is 13.2 Å². The van der Waals surface area contributed by atoms with E-state index in [-0.39, 0.29) is 23.3 Å². The van der Waals surface area contributed by atoms with Gasteiger partial charge in [-0.25, -0.2) is 13.1 Å². The highest BCUT2D eigenvalue weighted by Gasteiger charge is 2.48. The number of furan rings is 1. The molecule has 35 heavy (non-hydrogen) atoms. The average molecular weight is 498 g/mol. The number of carboxylic acids is 1. The molecule has 2 saturated carbocycles. The molecule has 2 aliphatic rings. The molecule has 7 nitrogen and oxygen atoms in total. The van der Waals surface area contributed by atoms with Crippen LogP contribution in [0.5, 0.6) is 5.75 Å². The summed E-state index contributed by atoms with van der Waals surface area (Å²) in [5, 5.41) is 10.3. The van der Waals surface area contributed by atoms with Crippen LogP contribution in [-0.2, 0) is 14.8 Å². The Bertz CT molecular complexity index is 1380. The minimum Gasteiger partial charge on any atom is -0.497 e. The van der Waals surface area contributed by atoms with Gasteiger partial charge in [-0.15, -0.1) is 0 Å². The molecule has 8 heteroatoms. The first-order valence-corrected chi connectivity index (χ1v) is 13.7. The first kappa shape index (κ1) is 23.9. The fraction of sp³-hybridized carbons (Fsp3) is 0.444. The zero-order valence-corrected chi connectivity index (χ0v) is 20.6. The lowest BCUT2D eigenvalue weighted by Crippen LogP contribution is -2.43. The van der Waals surface area contributed by atoms with E-state index < -0.39 is 16.0 Å². The van der Waals surface area contributed by atoms with Gasteiger partial charge in [-0.3, -0.25) is 4.79 Å². The van der Waals surface area contributed by atoms with Crippen LogP contribution in [0.25, 0.3) is 21.9 Å². The van der Waals surface area contributed by atoms with Gasteiger partial charge in [-0.2, -0.15) is 0 Å². The van der Waals surface area contributed by atoms with Gasteiger partial charge in [0.1, 0.15) is 16.9 Å². The quantitative estimate of drug-likeness (QED) is 0.283. The number of unbranched alkanes of at least 4 members (excludes halogenated alkanes) is 1. The van der Waals surface area contributed by atoms with Crippen LogP contribution in [0.4, 0.5) is 0 Å². The number of hydrogen-bond donors (Lipinski definition) is 2.